The number of methoxy groups -OCH3 is 2. The van der Waals surface area contributed by atoms with Gasteiger partial charge in [-0.15, -0.1) is 6.42 Å². The van der Waals surface area contributed by atoms with Crippen LogP contribution in [0.4, 0.5) is 0 Å². The van der Waals surface area contributed by atoms with E-state index in [4.69, 9.17) is 59.0 Å². The maximum atomic E-state index is 9.82. The number of ether oxygens (including phenoxy) is 3. The fourth-order valence-corrected chi connectivity index (χ4v) is 4.40. The highest BCUT2D eigenvalue weighted by atomic mass is 35.8. The Kier molecular flexibility index (Phi) is 47.8. The number of hydrogen-bond donors (Lipinski definition) is 1. The fraction of sp³-hybridized carbons (Fsp3) is 0.218. The Hall–Kier alpha value is -7.41. The fourth-order valence-electron chi connectivity index (χ4n) is 4.40. The zero-order chi connectivity index (χ0) is 56.0. The third-order valence-electron chi connectivity index (χ3n) is 7.65. The van der Waals surface area contributed by atoms with E-state index in [1.807, 2.05) is 159 Å². The Labute approximate surface area is 457 Å². The molecule has 0 amide bonds. The number of halogens is 3. The van der Waals surface area contributed by atoms with Gasteiger partial charge in [0, 0.05) is 33.1 Å². The topological polar surface area (TPSA) is 199 Å². The molecule has 0 aliphatic rings. The number of benzene rings is 5. The van der Waals surface area contributed by atoms with Crippen molar-refractivity contribution in [2.75, 3.05) is 27.9 Å². The van der Waals surface area contributed by atoms with Gasteiger partial charge in [0.15, 0.2) is 0 Å². The average molecular weight is 1110 g/mol. The van der Waals surface area contributed by atoms with Crippen molar-refractivity contribution in [3.8, 4) is 12.3 Å². The second-order valence-electron chi connectivity index (χ2n) is 13.3. The van der Waals surface area contributed by atoms with Gasteiger partial charge in [0.25, 0.3) is 0 Å². The first kappa shape index (κ1) is 69.7. The third-order valence-corrected chi connectivity index (χ3v) is 7.65. The summed E-state index contributed by atoms with van der Waals surface area (Å²) in [5, 5.41) is 22.3. The molecule has 75 heavy (non-hydrogen) atoms. The van der Waals surface area contributed by atoms with Crippen molar-refractivity contribution in [1.29, 1.82) is 0 Å². The standard InChI is InChI=1S/C20H18N2O3.C14H13NO.C9H11NO.C4H4O2.C4H8O2.C3H6O2.CH4O.Al.3ClH/c1-3-7-17(8-4-1)15-23-21-13-19-11-12-20(25-19)14-22-24-16-18-9-5-2-6-10-18;1-3-7-13(8-4-1)11-15-16-12-14-9-5-2-6-10-14;1-2-10-11-8-9-6-4-3-5-7-9;1-3-4(5)6-2;1-3-6-4(2)5;1-3(4)5-2;1-2;;;;/h1-14H,15-16H2;1-11H,12H2;2-7H,8H2,1H3;1H,2H3;3H2,1-2H3;1-2H3;2H,1H3;;3*1H/q;;;;;;;+3;;;/p-3/b21-13+,22-14+;15-11-;10-2+;;;;;;;;. The number of hydrogen-bond acceptors (Lipinski definition) is 16. The lowest BCUT2D eigenvalue weighted by atomic mass is 10.2. The summed E-state index contributed by atoms with van der Waals surface area (Å²) in [5.74, 6) is 1.83. The lowest BCUT2D eigenvalue weighted by molar-refractivity contribution is -0.140. The van der Waals surface area contributed by atoms with Crippen LogP contribution in [0.1, 0.15) is 67.0 Å². The molecule has 0 atom stereocenters. The summed E-state index contributed by atoms with van der Waals surface area (Å²) in [6.07, 6.45) is 10.9. The minimum absolute atomic E-state index is 0.211. The van der Waals surface area contributed by atoms with Gasteiger partial charge in [-0.1, -0.05) is 172 Å². The van der Waals surface area contributed by atoms with E-state index in [9.17, 15) is 14.4 Å². The molecule has 1 N–H and O–H groups in total. The summed E-state index contributed by atoms with van der Waals surface area (Å²) in [6, 6.07) is 53.0. The number of rotatable bonds is 16. The molecular formula is C55H64AlCl3N4O12. The van der Waals surface area contributed by atoms with E-state index in [0.29, 0.717) is 44.6 Å². The minimum Gasteiger partial charge on any atom is -0.469 e. The largest absolute Gasteiger partial charge is 0.643 e. The highest BCUT2D eigenvalue weighted by molar-refractivity contribution is 7.54. The van der Waals surface area contributed by atoms with Crippen molar-refractivity contribution in [3.05, 3.63) is 203 Å². The van der Waals surface area contributed by atoms with E-state index < -0.39 is 17.4 Å². The summed E-state index contributed by atoms with van der Waals surface area (Å²) in [7, 11) is 18.4. The molecule has 5 aromatic carbocycles. The normalized spacial score (nSPS) is 9.47. The molecule has 0 aliphatic carbocycles. The van der Waals surface area contributed by atoms with Crippen molar-refractivity contribution < 1.29 is 57.5 Å². The van der Waals surface area contributed by atoms with Gasteiger partial charge in [-0.2, -0.15) is 0 Å². The van der Waals surface area contributed by atoms with E-state index in [0.717, 1.165) is 34.9 Å². The smallest absolute Gasteiger partial charge is 0.469 e. The van der Waals surface area contributed by atoms with Crippen LogP contribution < -0.4 is 0 Å². The van der Waals surface area contributed by atoms with Crippen LogP contribution in [0.2, 0.25) is 0 Å². The third kappa shape index (κ3) is 47.4. The number of carbonyl (C=O) groups is 3. The maximum Gasteiger partial charge on any atom is 0.643 e. The number of furan rings is 1. The summed E-state index contributed by atoms with van der Waals surface area (Å²) in [4.78, 5) is 49.7. The van der Waals surface area contributed by atoms with Gasteiger partial charge in [0.1, 0.15) is 50.4 Å². The molecule has 0 bridgehead atoms. The molecule has 0 spiro atoms. The Morgan fingerprint density at radius 1 is 0.547 bits per heavy atom. The van der Waals surface area contributed by atoms with Crippen LogP contribution >= 0.6 is 30.1 Å². The molecule has 6 aromatic rings. The highest BCUT2D eigenvalue weighted by Gasteiger charge is 2.01. The summed E-state index contributed by atoms with van der Waals surface area (Å²) in [5.41, 5.74) is 5.41. The van der Waals surface area contributed by atoms with Crippen molar-refractivity contribution in [2.24, 2.45) is 20.6 Å². The van der Waals surface area contributed by atoms with Gasteiger partial charge in [-0.05, 0) is 53.8 Å². The van der Waals surface area contributed by atoms with Crippen LogP contribution in [-0.4, -0.2) is 87.2 Å². The van der Waals surface area contributed by atoms with E-state index in [1.165, 1.54) is 40.5 Å². The summed E-state index contributed by atoms with van der Waals surface area (Å²) < 4.78 is 18.1. The van der Waals surface area contributed by atoms with Gasteiger partial charge in [0.2, 0.25) is 0 Å². The molecule has 1 heterocycles. The second-order valence-corrected chi connectivity index (χ2v) is 19.7. The number of esters is 3. The van der Waals surface area contributed by atoms with Gasteiger partial charge < -0.3 is 43.1 Å². The molecule has 0 aliphatic heterocycles. The van der Waals surface area contributed by atoms with Gasteiger partial charge >= 0.3 is 29.3 Å². The number of aliphatic hydroxyl groups excluding tert-OH is 1. The van der Waals surface area contributed by atoms with Crippen LogP contribution in [0.25, 0.3) is 0 Å². The Morgan fingerprint density at radius 2 is 0.853 bits per heavy atom. The molecule has 6 rings (SSSR count). The summed E-state index contributed by atoms with van der Waals surface area (Å²) >= 11 is -1.72. The molecule has 0 saturated carbocycles. The Morgan fingerprint density at radius 3 is 1.09 bits per heavy atom. The minimum atomic E-state index is -1.72. The molecular weight excluding hydrogens is 1040 g/mol. The average Bonchev–Trinajstić information content (AvgIpc) is 3.90. The van der Waals surface area contributed by atoms with Crippen LogP contribution in [-0.2, 0) is 74.4 Å². The molecule has 0 unspecified atom stereocenters. The summed E-state index contributed by atoms with van der Waals surface area (Å²) in [6.45, 7) is 8.72. The Balaban J connectivity index is 0. The SMILES string of the molecule is C#CC(=O)OC.C(=N/OCc1ccccc1)/c1ccccc1.C(=N\OCc1ccccc1)/c1ccc(/C=N/OCc2ccccc2)o1.C/C=N/OCc1ccccc1.CCOC(C)=O.CO.COC(C)=O.[Cl][Al]([Cl])[Cl]. The van der Waals surface area contributed by atoms with Crippen molar-refractivity contribution in [3.63, 3.8) is 0 Å². The number of nitrogens with zero attached hydrogens (tertiary/aromatic N) is 4. The van der Waals surface area contributed by atoms with Crippen molar-refractivity contribution in [2.45, 2.75) is 54.1 Å². The monoisotopic (exact) mass is 1100 g/mol. The number of aliphatic hydroxyl groups is 1. The number of terminal acetylenes is 1. The van der Waals surface area contributed by atoms with Gasteiger partial charge in [0.05, 0.1) is 27.0 Å². The van der Waals surface area contributed by atoms with Crippen LogP contribution in [0.15, 0.2) is 189 Å². The zero-order valence-electron chi connectivity index (χ0n) is 42.9. The first-order valence-corrected chi connectivity index (χ1v) is 27.6. The van der Waals surface area contributed by atoms with Gasteiger partial charge in [-0.25, -0.2) is 34.9 Å². The number of oxime groups is 4. The molecule has 0 radical (unpaired) electrons. The molecule has 400 valence electrons. The quantitative estimate of drug-likeness (QED) is 0.0183. The number of carbonyl (C=O) groups excluding carboxylic acids is 3. The van der Waals surface area contributed by atoms with E-state index >= 15 is 0 Å². The predicted octanol–water partition coefficient (Wildman–Crippen LogP) is 11.7. The zero-order valence-corrected chi connectivity index (χ0v) is 46.4. The van der Waals surface area contributed by atoms with E-state index in [-0.39, 0.29) is 11.9 Å². The molecule has 0 fully saturated rings. The van der Waals surface area contributed by atoms with Crippen LogP contribution in [0, 0.1) is 12.3 Å². The predicted molar refractivity (Wildman–Crippen MR) is 299 cm³/mol. The molecule has 1 aromatic heterocycles. The lowest BCUT2D eigenvalue weighted by Crippen LogP contribution is -1.95. The van der Waals surface area contributed by atoms with Crippen LogP contribution in [0.3, 0.4) is 0 Å². The van der Waals surface area contributed by atoms with E-state index in [1.54, 1.807) is 37.4 Å². The van der Waals surface area contributed by atoms with Gasteiger partial charge in [-0.3, -0.25) is 9.59 Å². The second kappa shape index (κ2) is 51.5. The molecule has 16 nitrogen and oxygen atoms in total. The Bertz CT molecular complexity index is 2380. The maximum absolute atomic E-state index is 9.82. The van der Waals surface area contributed by atoms with Crippen molar-refractivity contribution >= 4 is 84.3 Å². The first-order valence-electron chi connectivity index (χ1n) is 22.3. The first-order chi connectivity index (χ1) is 36.4. The van der Waals surface area contributed by atoms with E-state index in [2.05, 4.69) is 41.3 Å². The molecule has 20 heteroatoms. The molecule has 0 saturated heterocycles. The van der Waals surface area contributed by atoms with Crippen LogP contribution in [0.5, 0.6) is 0 Å². The lowest BCUT2D eigenvalue weighted by Gasteiger charge is -1.98. The highest BCUT2D eigenvalue weighted by Crippen LogP contribution is 2.07. The van der Waals surface area contributed by atoms with Crippen molar-refractivity contribution in [1.82, 2.24) is 0 Å².